The zero-order chi connectivity index (χ0) is 19.7. The highest BCUT2D eigenvalue weighted by molar-refractivity contribution is 6.34. The number of carbonyl (C=O) groups is 1. The van der Waals surface area contributed by atoms with Gasteiger partial charge in [-0.15, -0.1) is 0 Å². The van der Waals surface area contributed by atoms with E-state index in [4.69, 9.17) is 21.1 Å². The van der Waals surface area contributed by atoms with Crippen LogP contribution in [0, 0.1) is 0 Å². The number of hydrogen-bond donors (Lipinski definition) is 2. The minimum absolute atomic E-state index is 0.106. The van der Waals surface area contributed by atoms with E-state index in [9.17, 15) is 4.79 Å². The van der Waals surface area contributed by atoms with Crippen molar-refractivity contribution in [2.24, 2.45) is 0 Å². The second-order valence-electron chi connectivity index (χ2n) is 7.32. The molecule has 2 aliphatic heterocycles. The van der Waals surface area contributed by atoms with Crippen LogP contribution in [0.5, 0.6) is 11.5 Å². The van der Waals surface area contributed by atoms with Crippen LogP contribution in [0.15, 0.2) is 36.4 Å². The molecule has 0 radical (unpaired) electrons. The zero-order valence-corrected chi connectivity index (χ0v) is 16.8. The topological polar surface area (TPSA) is 62.8 Å². The van der Waals surface area contributed by atoms with Crippen LogP contribution >= 0.6 is 11.6 Å². The van der Waals surface area contributed by atoms with Gasteiger partial charge in [0.1, 0.15) is 17.2 Å². The predicted octanol–water partition coefficient (Wildman–Crippen LogP) is 3.50. The summed E-state index contributed by atoms with van der Waals surface area (Å²) < 4.78 is 10.7. The number of piperidine rings is 1. The van der Waals surface area contributed by atoms with Gasteiger partial charge in [0.2, 0.25) is 0 Å². The summed E-state index contributed by atoms with van der Waals surface area (Å²) in [6.07, 6.45) is 1.62. The van der Waals surface area contributed by atoms with Gasteiger partial charge in [0.05, 0.1) is 30.5 Å². The van der Waals surface area contributed by atoms with Crippen molar-refractivity contribution in [3.05, 3.63) is 52.5 Å². The molecule has 4 rings (SSSR count). The van der Waals surface area contributed by atoms with Gasteiger partial charge in [-0.1, -0.05) is 17.7 Å². The van der Waals surface area contributed by atoms with Crippen LogP contribution in [0.3, 0.4) is 0 Å². The van der Waals surface area contributed by atoms with E-state index >= 15 is 0 Å². The predicted molar refractivity (Wildman–Crippen MR) is 109 cm³/mol. The van der Waals surface area contributed by atoms with Crippen LogP contribution in [0.2, 0.25) is 5.02 Å². The van der Waals surface area contributed by atoms with Gasteiger partial charge in [-0.25, -0.2) is 0 Å². The number of benzene rings is 2. The molecule has 2 aromatic carbocycles. The van der Waals surface area contributed by atoms with Crippen LogP contribution < -0.4 is 20.1 Å². The summed E-state index contributed by atoms with van der Waals surface area (Å²) in [5.74, 6) is 1.47. The number of hydrogen-bond acceptors (Lipinski definition) is 5. The number of anilines is 1. The molecule has 1 spiro atoms. The molecule has 2 heterocycles. The number of halogens is 1. The Kier molecular flexibility index (Phi) is 5.08. The lowest BCUT2D eigenvalue weighted by atomic mass is 9.92. The minimum atomic E-state index is -0.419. The first-order valence-corrected chi connectivity index (χ1v) is 9.73. The average molecular weight is 402 g/mol. The number of methoxy groups -OCH3 is 2. The van der Waals surface area contributed by atoms with Crippen molar-refractivity contribution in [3.63, 3.8) is 0 Å². The zero-order valence-electron chi connectivity index (χ0n) is 16.0. The molecule has 0 aliphatic carbocycles. The molecule has 1 fully saturated rings. The molecule has 0 aromatic heterocycles. The Hall–Kier alpha value is -2.44. The van der Waals surface area contributed by atoms with Crippen molar-refractivity contribution in [3.8, 4) is 11.5 Å². The number of fused-ring (bicyclic) bond motifs is 1. The quantitative estimate of drug-likeness (QED) is 0.820. The monoisotopic (exact) mass is 401 g/mol. The summed E-state index contributed by atoms with van der Waals surface area (Å²) in [7, 11) is 3.31. The Bertz CT molecular complexity index is 872. The smallest absolute Gasteiger partial charge is 0.256 e. The van der Waals surface area contributed by atoms with Crippen molar-refractivity contribution in [2.45, 2.75) is 25.0 Å². The molecule has 1 saturated heterocycles. The molecule has 0 unspecified atom stereocenters. The lowest BCUT2D eigenvalue weighted by Crippen LogP contribution is -2.62. The Morgan fingerprint density at radius 3 is 2.39 bits per heavy atom. The van der Waals surface area contributed by atoms with E-state index in [1.807, 2.05) is 30.3 Å². The van der Waals surface area contributed by atoms with E-state index in [1.165, 1.54) is 0 Å². The van der Waals surface area contributed by atoms with Gasteiger partial charge >= 0.3 is 0 Å². The highest BCUT2D eigenvalue weighted by Gasteiger charge is 2.40. The first-order chi connectivity index (χ1) is 13.5. The molecule has 7 heteroatoms. The van der Waals surface area contributed by atoms with Gasteiger partial charge < -0.3 is 20.1 Å². The van der Waals surface area contributed by atoms with Gasteiger partial charge in [0.15, 0.2) is 0 Å². The lowest BCUT2D eigenvalue weighted by Gasteiger charge is -2.46. The molecule has 2 aromatic rings. The average Bonchev–Trinajstić information content (AvgIpc) is 2.69. The number of nitrogens with zero attached hydrogens (tertiary/aromatic N) is 1. The Balaban J connectivity index is 1.45. The van der Waals surface area contributed by atoms with Crippen LogP contribution in [-0.4, -0.2) is 43.8 Å². The normalized spacial score (nSPS) is 18.2. The Morgan fingerprint density at radius 2 is 1.75 bits per heavy atom. The number of ether oxygens (including phenoxy) is 2. The van der Waals surface area contributed by atoms with Crippen molar-refractivity contribution >= 4 is 23.2 Å². The minimum Gasteiger partial charge on any atom is -0.497 e. The van der Waals surface area contributed by atoms with E-state index in [-0.39, 0.29) is 5.91 Å². The Morgan fingerprint density at radius 1 is 1.07 bits per heavy atom. The second-order valence-corrected chi connectivity index (χ2v) is 7.73. The van der Waals surface area contributed by atoms with Gasteiger partial charge in [-0.2, -0.15) is 0 Å². The molecular weight excluding hydrogens is 378 g/mol. The van der Waals surface area contributed by atoms with Gasteiger partial charge in [0.25, 0.3) is 5.91 Å². The summed E-state index contributed by atoms with van der Waals surface area (Å²) in [5, 5.41) is 7.14. The van der Waals surface area contributed by atoms with Crippen molar-refractivity contribution < 1.29 is 14.3 Å². The fourth-order valence-corrected chi connectivity index (χ4v) is 4.25. The van der Waals surface area contributed by atoms with Crippen molar-refractivity contribution in [1.29, 1.82) is 0 Å². The lowest BCUT2D eigenvalue weighted by molar-refractivity contribution is 0.0822. The third kappa shape index (κ3) is 3.62. The molecule has 6 nitrogen and oxygen atoms in total. The first-order valence-electron chi connectivity index (χ1n) is 9.35. The number of nitrogens with one attached hydrogen (secondary N) is 2. The van der Waals surface area contributed by atoms with E-state index in [0.717, 1.165) is 55.2 Å². The number of rotatable bonds is 4. The maximum atomic E-state index is 12.6. The van der Waals surface area contributed by atoms with Crippen LogP contribution in [0.25, 0.3) is 0 Å². The van der Waals surface area contributed by atoms with Crippen LogP contribution in [-0.2, 0) is 6.54 Å². The van der Waals surface area contributed by atoms with Crippen molar-refractivity contribution in [1.82, 2.24) is 10.2 Å². The van der Waals surface area contributed by atoms with Crippen molar-refractivity contribution in [2.75, 3.05) is 32.6 Å². The summed E-state index contributed by atoms with van der Waals surface area (Å²) >= 11 is 6.20. The summed E-state index contributed by atoms with van der Waals surface area (Å²) in [6.45, 7) is 2.53. The highest BCUT2D eigenvalue weighted by Crippen LogP contribution is 2.35. The van der Waals surface area contributed by atoms with Crippen LogP contribution in [0.4, 0.5) is 5.69 Å². The molecule has 28 heavy (non-hydrogen) atoms. The summed E-state index contributed by atoms with van der Waals surface area (Å²) in [5.41, 5.74) is 2.06. The van der Waals surface area contributed by atoms with E-state index in [2.05, 4.69) is 15.5 Å². The summed E-state index contributed by atoms with van der Waals surface area (Å²) in [4.78, 5) is 15.0. The SMILES string of the molecule is COc1cc(CN2CCC3(CC2)NC(=O)c2c(Cl)cccc2N3)cc(OC)c1. The number of carbonyl (C=O) groups excluding carboxylic acids is 1. The number of amides is 1. The van der Waals surface area contributed by atoms with Crippen LogP contribution in [0.1, 0.15) is 28.8 Å². The molecule has 0 saturated carbocycles. The summed E-state index contributed by atoms with van der Waals surface area (Å²) in [6, 6.07) is 11.5. The maximum absolute atomic E-state index is 12.6. The van der Waals surface area contributed by atoms with E-state index in [0.29, 0.717) is 10.6 Å². The fourth-order valence-electron chi connectivity index (χ4n) is 3.99. The van der Waals surface area contributed by atoms with E-state index in [1.54, 1.807) is 20.3 Å². The largest absolute Gasteiger partial charge is 0.497 e. The fraction of sp³-hybridized carbons (Fsp3) is 0.381. The number of likely N-dealkylation sites (tertiary alicyclic amines) is 1. The van der Waals surface area contributed by atoms with E-state index < -0.39 is 5.66 Å². The molecule has 2 aliphatic rings. The van der Waals surface area contributed by atoms with Gasteiger partial charge in [-0.3, -0.25) is 9.69 Å². The molecule has 148 valence electrons. The highest BCUT2D eigenvalue weighted by atomic mass is 35.5. The third-order valence-corrected chi connectivity index (χ3v) is 5.81. The molecule has 1 amide bonds. The molecule has 2 N–H and O–H groups in total. The Labute approximate surface area is 169 Å². The second kappa shape index (κ2) is 7.53. The standard InChI is InChI=1S/C21H24ClN3O3/c1-27-15-10-14(11-16(12-15)28-2)13-25-8-6-21(7-9-25)23-18-5-3-4-17(22)19(18)20(26)24-21/h3-5,10-12,23H,6-9,13H2,1-2H3,(H,24,26). The molecule has 0 atom stereocenters. The van der Waals surface area contributed by atoms with Gasteiger partial charge in [-0.05, 0) is 29.8 Å². The third-order valence-electron chi connectivity index (χ3n) is 5.49. The van der Waals surface area contributed by atoms with Gasteiger partial charge in [0, 0.05) is 38.5 Å². The molecule has 0 bridgehead atoms. The first kappa shape index (κ1) is 18.9. The maximum Gasteiger partial charge on any atom is 0.256 e. The molecular formula is C21H24ClN3O3.